The van der Waals surface area contributed by atoms with E-state index in [1.54, 1.807) is 22.9 Å². The van der Waals surface area contributed by atoms with Crippen molar-refractivity contribution in [1.82, 2.24) is 55.4 Å². The first-order valence-electron chi connectivity index (χ1n) is 19.8. The smallest absolute Gasteiger partial charge is 0.315 e. The summed E-state index contributed by atoms with van der Waals surface area (Å²) in [5.74, 6) is 0.554. The molecule has 3 aromatic heterocycles. The van der Waals surface area contributed by atoms with Gasteiger partial charge in [-0.05, 0) is 37.8 Å². The van der Waals surface area contributed by atoms with Crippen LogP contribution in [0.3, 0.4) is 0 Å². The van der Waals surface area contributed by atoms with Crippen LogP contribution in [-0.4, -0.2) is 145 Å². The van der Waals surface area contributed by atoms with E-state index in [4.69, 9.17) is 10.2 Å². The van der Waals surface area contributed by atoms with Gasteiger partial charge in [0.15, 0.2) is 16.9 Å². The first kappa shape index (κ1) is 38.6. The number of benzene rings is 1. The third-order valence-corrected chi connectivity index (χ3v) is 12.7. The highest BCUT2D eigenvalue weighted by molar-refractivity contribution is 8.00. The van der Waals surface area contributed by atoms with Crippen molar-refractivity contribution in [2.45, 2.75) is 61.9 Å². The Balaban J connectivity index is 0.755. The molecule has 0 spiro atoms. The number of nitrogens with one attached hydrogen (secondary N) is 4. The normalized spacial score (nSPS) is 22.9. The maximum Gasteiger partial charge on any atom is 0.315 e. The Morgan fingerprint density at radius 2 is 1.89 bits per heavy atom. The van der Waals surface area contributed by atoms with Gasteiger partial charge in [0.1, 0.15) is 17.7 Å². The van der Waals surface area contributed by atoms with Gasteiger partial charge in [0.2, 0.25) is 11.8 Å². The van der Waals surface area contributed by atoms with Crippen LogP contribution in [0, 0.1) is 0 Å². The largest absolute Gasteiger partial charge is 0.423 e. The number of aromatic nitrogens is 5. The van der Waals surface area contributed by atoms with E-state index in [2.05, 4.69) is 51.1 Å². The van der Waals surface area contributed by atoms with Crippen LogP contribution in [0.4, 0.5) is 16.6 Å². The number of nitrogens with two attached hydrogens (primary N) is 1. The third-order valence-electron chi connectivity index (χ3n) is 11.2. The van der Waals surface area contributed by atoms with E-state index in [-0.39, 0.29) is 53.5 Å². The fourth-order valence-corrected chi connectivity index (χ4v) is 9.71. The number of hydrogen-bond acceptors (Lipinski definition) is 13. The van der Waals surface area contributed by atoms with Crippen molar-refractivity contribution < 1.29 is 23.6 Å². The molecule has 6 N–H and O–H groups in total. The highest BCUT2D eigenvalue weighted by Crippen LogP contribution is 2.33. The molecule has 19 heteroatoms. The number of carbonyl (C=O) groups is 4. The van der Waals surface area contributed by atoms with Gasteiger partial charge in [0.25, 0.3) is 5.91 Å². The molecular formula is C38H49N13O5S. The Morgan fingerprint density at radius 1 is 1.05 bits per heavy atom. The molecule has 57 heavy (non-hydrogen) atoms. The average molecular weight is 800 g/mol. The monoisotopic (exact) mass is 799 g/mol. The molecule has 7 heterocycles. The number of anilines is 2. The quantitative estimate of drug-likeness (QED) is 0.0701. The van der Waals surface area contributed by atoms with Crippen molar-refractivity contribution in [3.05, 3.63) is 48.4 Å². The molecule has 4 aromatic rings. The topological polar surface area (TPSA) is 222 Å². The molecule has 1 aromatic carbocycles. The van der Waals surface area contributed by atoms with Gasteiger partial charge in [0.05, 0.1) is 23.5 Å². The van der Waals surface area contributed by atoms with Crippen LogP contribution >= 0.6 is 11.8 Å². The summed E-state index contributed by atoms with van der Waals surface area (Å²) in [4.78, 5) is 70.2. The highest BCUT2D eigenvalue weighted by atomic mass is 32.2. The molecule has 4 aliphatic heterocycles. The van der Waals surface area contributed by atoms with E-state index < -0.39 is 5.91 Å². The second kappa shape index (κ2) is 17.5. The number of urea groups is 1. The molecule has 4 atom stereocenters. The third kappa shape index (κ3) is 8.99. The second-order valence-corrected chi connectivity index (χ2v) is 16.3. The lowest BCUT2D eigenvalue weighted by molar-refractivity contribution is -0.127. The van der Waals surface area contributed by atoms with Gasteiger partial charge in [-0.15, -0.1) is 0 Å². The molecule has 0 unspecified atom stereocenters. The van der Waals surface area contributed by atoms with Crippen molar-refractivity contribution in [3.8, 4) is 0 Å². The first-order valence-corrected chi connectivity index (χ1v) is 20.8. The minimum absolute atomic E-state index is 0.0410. The summed E-state index contributed by atoms with van der Waals surface area (Å²) in [7, 11) is 0. The lowest BCUT2D eigenvalue weighted by atomic mass is 10.0. The molecule has 0 saturated carbocycles. The Hall–Kier alpha value is -5.27. The first-order chi connectivity index (χ1) is 27.8. The number of piperazine rings is 1. The SMILES string of the molecule is Nc1ncnc2c1c(C(=O)Nc1nc3ccccc3o1)nn2[C@@H]1CCCN(C(=O)C=CCN2CCN(CCNC(=O)CCCC[C@@H]3SC[C@@H]4NC(=O)N[C@@H]43)CC2)C1. The van der Waals surface area contributed by atoms with Crippen molar-refractivity contribution in [3.63, 3.8) is 0 Å². The summed E-state index contributed by atoms with van der Waals surface area (Å²) in [6.45, 7) is 6.72. The van der Waals surface area contributed by atoms with Crippen LogP contribution in [0.5, 0.6) is 0 Å². The van der Waals surface area contributed by atoms with E-state index >= 15 is 0 Å². The van der Waals surface area contributed by atoms with Gasteiger partial charge < -0.3 is 31.0 Å². The van der Waals surface area contributed by atoms with Crippen LogP contribution in [0.25, 0.3) is 22.1 Å². The van der Waals surface area contributed by atoms with E-state index in [1.165, 1.54) is 6.33 Å². The second-order valence-electron chi connectivity index (χ2n) is 15.0. The van der Waals surface area contributed by atoms with Crippen LogP contribution in [0.2, 0.25) is 0 Å². The summed E-state index contributed by atoms with van der Waals surface area (Å²) in [6.07, 6.45) is 9.80. The summed E-state index contributed by atoms with van der Waals surface area (Å²) in [5.41, 5.74) is 7.87. The summed E-state index contributed by atoms with van der Waals surface area (Å²) in [6, 6.07) is 7.42. The lowest BCUT2D eigenvalue weighted by Gasteiger charge is -2.34. The number of oxazole rings is 1. The number of hydrogen-bond donors (Lipinski definition) is 5. The minimum Gasteiger partial charge on any atom is -0.423 e. The predicted octanol–water partition coefficient (Wildman–Crippen LogP) is 1.98. The maximum absolute atomic E-state index is 13.5. The van der Waals surface area contributed by atoms with Gasteiger partial charge in [-0.25, -0.2) is 19.4 Å². The van der Waals surface area contributed by atoms with E-state index in [0.29, 0.717) is 60.0 Å². The Kier molecular flexibility index (Phi) is 11.8. The number of likely N-dealkylation sites (tertiary alicyclic amines) is 1. The van der Waals surface area contributed by atoms with Crippen LogP contribution in [-0.2, 0) is 9.59 Å². The van der Waals surface area contributed by atoms with Crippen molar-refractivity contribution in [2.24, 2.45) is 0 Å². The molecule has 4 fully saturated rings. The molecule has 302 valence electrons. The molecule has 0 radical (unpaired) electrons. The minimum atomic E-state index is -0.554. The number of nitrogen functional groups attached to an aromatic ring is 1. The van der Waals surface area contributed by atoms with Gasteiger partial charge in [0, 0.05) is 82.4 Å². The van der Waals surface area contributed by atoms with Crippen LogP contribution < -0.4 is 27.0 Å². The van der Waals surface area contributed by atoms with Crippen molar-refractivity contribution in [2.75, 3.05) is 75.7 Å². The summed E-state index contributed by atoms with van der Waals surface area (Å²) in [5, 5.41) is 17.2. The Morgan fingerprint density at radius 3 is 2.75 bits per heavy atom. The average Bonchev–Trinajstić information content (AvgIpc) is 4.00. The summed E-state index contributed by atoms with van der Waals surface area (Å²) >= 11 is 1.91. The van der Waals surface area contributed by atoms with E-state index in [9.17, 15) is 19.2 Å². The van der Waals surface area contributed by atoms with Gasteiger partial charge in [-0.3, -0.25) is 29.5 Å². The number of unbranched alkanes of at least 4 members (excludes halogenated alkanes) is 1. The molecule has 5 amide bonds. The zero-order valence-electron chi connectivity index (χ0n) is 31.8. The van der Waals surface area contributed by atoms with E-state index in [0.717, 1.165) is 70.6 Å². The molecule has 4 saturated heterocycles. The number of fused-ring (bicyclic) bond motifs is 3. The molecule has 8 rings (SSSR count). The van der Waals surface area contributed by atoms with Crippen LogP contribution in [0.15, 0.2) is 47.2 Å². The fourth-order valence-electron chi connectivity index (χ4n) is 8.16. The van der Waals surface area contributed by atoms with Gasteiger partial charge in [-0.1, -0.05) is 24.6 Å². The molecule has 18 nitrogen and oxygen atoms in total. The Bertz CT molecular complexity index is 2100. The highest BCUT2D eigenvalue weighted by Gasteiger charge is 2.42. The van der Waals surface area contributed by atoms with Gasteiger partial charge in [-0.2, -0.15) is 21.8 Å². The lowest BCUT2D eigenvalue weighted by Crippen LogP contribution is -2.48. The zero-order chi connectivity index (χ0) is 39.3. The number of amides is 5. The Labute approximate surface area is 333 Å². The molecular weight excluding hydrogens is 751 g/mol. The maximum atomic E-state index is 13.5. The molecule has 0 bridgehead atoms. The van der Waals surface area contributed by atoms with Crippen LogP contribution in [0.1, 0.15) is 55.1 Å². The zero-order valence-corrected chi connectivity index (χ0v) is 32.6. The van der Waals surface area contributed by atoms with Crippen molar-refractivity contribution in [1.29, 1.82) is 0 Å². The number of para-hydroxylation sites is 2. The number of rotatable bonds is 14. The fraction of sp³-hybridized carbons (Fsp3) is 0.526. The van der Waals surface area contributed by atoms with E-state index in [1.807, 2.05) is 34.9 Å². The van der Waals surface area contributed by atoms with Crippen molar-refractivity contribution >= 4 is 69.5 Å². The number of piperidine rings is 1. The predicted molar refractivity (Wildman–Crippen MR) is 216 cm³/mol. The number of thioether (sulfide) groups is 1. The number of carbonyl (C=O) groups excluding carboxylic acids is 4. The summed E-state index contributed by atoms with van der Waals surface area (Å²) < 4.78 is 7.36. The standard InChI is InChI=1S/C38H49N13O5S/c39-34-31-33(36(54)46-38-44-25-8-1-2-9-27(25)56-38)47-51(35(31)42-23-41-34)24-7-5-15-50(21-24)30(53)12-6-14-48-17-19-49(20-18-48)16-13-40-29(52)11-4-3-10-28-32-26(22-57-28)43-37(55)45-32/h1-2,6,8-9,12,23-24,26,28,32H,3-5,7,10-11,13-22H2,(H,40,52)(H2,39,41,42)(H2,43,45,55)(H,44,46,54)/t24-,26+,28+,32+/m1/s1. The van der Waals surface area contributed by atoms with Gasteiger partial charge >= 0.3 is 12.0 Å². The molecule has 4 aliphatic rings. The number of nitrogens with zero attached hydrogens (tertiary/aromatic N) is 8. The molecule has 0 aliphatic carbocycles.